The Labute approximate surface area is 123 Å². The molecule has 120 valence electrons. The summed E-state index contributed by atoms with van der Waals surface area (Å²) < 4.78 is 76.3. The predicted molar refractivity (Wildman–Crippen MR) is 64.0 cm³/mol. The van der Waals surface area contributed by atoms with Crippen LogP contribution in [0.25, 0.3) is 16.8 Å². The zero-order chi connectivity index (χ0) is 16.8. The van der Waals surface area contributed by atoms with Crippen molar-refractivity contribution in [2.75, 3.05) is 0 Å². The second-order valence-corrected chi connectivity index (χ2v) is 4.46. The van der Waals surface area contributed by atoms with Gasteiger partial charge in [-0.15, -0.1) is 10.2 Å². The van der Waals surface area contributed by atoms with E-state index in [1.54, 1.807) is 0 Å². The molecule has 3 aromatic heterocycles. The summed E-state index contributed by atoms with van der Waals surface area (Å²) in [6.07, 6.45) is -6.58. The van der Waals surface area contributed by atoms with Crippen LogP contribution in [0.4, 0.5) is 26.3 Å². The Hall–Kier alpha value is -2.72. The van der Waals surface area contributed by atoms with Gasteiger partial charge in [0.2, 0.25) is 11.6 Å². The van der Waals surface area contributed by atoms with Crippen molar-refractivity contribution in [2.45, 2.75) is 12.4 Å². The summed E-state index contributed by atoms with van der Waals surface area (Å²) in [6.45, 7) is 0. The van der Waals surface area contributed by atoms with Crippen LogP contribution in [0.3, 0.4) is 0 Å². The van der Waals surface area contributed by atoms with E-state index in [4.69, 9.17) is 0 Å². The van der Waals surface area contributed by atoms with Crippen molar-refractivity contribution in [2.24, 2.45) is 0 Å². The lowest BCUT2D eigenvalue weighted by Crippen LogP contribution is -2.11. The normalized spacial score (nSPS) is 12.8. The standard InChI is InChI=1S/C12H5F6N5/c13-11(14,15)9-19-3-7(4-20-9)6-1-2-8-21-22-10(12(16,17)18)23(8)5-6/h1-5H. The number of aromatic nitrogens is 5. The maximum Gasteiger partial charge on any atom is 0.452 e. The summed E-state index contributed by atoms with van der Waals surface area (Å²) in [6, 6.07) is 2.64. The quantitative estimate of drug-likeness (QED) is 0.642. The number of alkyl halides is 6. The van der Waals surface area contributed by atoms with Gasteiger partial charge in [0.1, 0.15) is 0 Å². The molecular weight excluding hydrogens is 328 g/mol. The van der Waals surface area contributed by atoms with Gasteiger partial charge in [0.25, 0.3) is 0 Å². The number of pyridine rings is 1. The van der Waals surface area contributed by atoms with Gasteiger partial charge in [-0.05, 0) is 12.1 Å². The molecule has 0 radical (unpaired) electrons. The Morgan fingerprint density at radius 2 is 1.43 bits per heavy atom. The Balaban J connectivity index is 2.07. The summed E-state index contributed by atoms with van der Waals surface area (Å²) in [5.74, 6) is -2.57. The first-order valence-corrected chi connectivity index (χ1v) is 5.98. The first-order chi connectivity index (χ1) is 10.7. The zero-order valence-electron chi connectivity index (χ0n) is 10.9. The summed E-state index contributed by atoms with van der Waals surface area (Å²) >= 11 is 0. The molecule has 0 aliphatic heterocycles. The van der Waals surface area contributed by atoms with Crippen LogP contribution in [0.1, 0.15) is 11.6 Å². The van der Waals surface area contributed by atoms with E-state index in [2.05, 4.69) is 20.2 Å². The monoisotopic (exact) mass is 333 g/mol. The minimum absolute atomic E-state index is 0.0473. The van der Waals surface area contributed by atoms with Crippen LogP contribution in [-0.2, 0) is 12.4 Å². The van der Waals surface area contributed by atoms with E-state index in [1.165, 1.54) is 12.1 Å². The van der Waals surface area contributed by atoms with Crippen LogP contribution in [0.5, 0.6) is 0 Å². The number of hydrogen-bond acceptors (Lipinski definition) is 4. The molecule has 3 heterocycles. The average Bonchev–Trinajstić information content (AvgIpc) is 2.89. The minimum atomic E-state index is -4.71. The van der Waals surface area contributed by atoms with E-state index in [0.29, 0.717) is 4.40 Å². The highest BCUT2D eigenvalue weighted by molar-refractivity contribution is 5.63. The van der Waals surface area contributed by atoms with Crippen molar-refractivity contribution in [3.05, 3.63) is 42.4 Å². The van der Waals surface area contributed by atoms with E-state index in [-0.39, 0.29) is 16.8 Å². The van der Waals surface area contributed by atoms with E-state index in [1.807, 2.05) is 0 Å². The Morgan fingerprint density at radius 1 is 0.783 bits per heavy atom. The topological polar surface area (TPSA) is 56.0 Å². The smallest absolute Gasteiger partial charge is 0.278 e. The Kier molecular flexibility index (Phi) is 3.23. The molecule has 0 atom stereocenters. The lowest BCUT2D eigenvalue weighted by atomic mass is 10.1. The molecule has 23 heavy (non-hydrogen) atoms. The summed E-state index contributed by atoms with van der Waals surface area (Å²) in [4.78, 5) is 6.33. The Morgan fingerprint density at radius 3 is 2.00 bits per heavy atom. The van der Waals surface area contributed by atoms with Gasteiger partial charge >= 0.3 is 12.4 Å². The number of hydrogen-bond donors (Lipinski definition) is 0. The number of rotatable bonds is 1. The largest absolute Gasteiger partial charge is 0.452 e. The maximum atomic E-state index is 12.8. The highest BCUT2D eigenvalue weighted by Crippen LogP contribution is 2.30. The van der Waals surface area contributed by atoms with E-state index >= 15 is 0 Å². The molecule has 0 aromatic carbocycles. The van der Waals surface area contributed by atoms with Crippen molar-refractivity contribution < 1.29 is 26.3 Å². The van der Waals surface area contributed by atoms with Gasteiger partial charge in [0.15, 0.2) is 5.65 Å². The van der Waals surface area contributed by atoms with E-state index in [0.717, 1.165) is 18.6 Å². The molecule has 0 bridgehead atoms. The van der Waals surface area contributed by atoms with Crippen molar-refractivity contribution in [1.29, 1.82) is 0 Å². The second-order valence-electron chi connectivity index (χ2n) is 4.46. The molecule has 0 aliphatic rings. The van der Waals surface area contributed by atoms with Crippen molar-refractivity contribution in [3.63, 3.8) is 0 Å². The lowest BCUT2D eigenvalue weighted by Gasteiger charge is -2.07. The van der Waals surface area contributed by atoms with Gasteiger partial charge in [-0.3, -0.25) is 4.40 Å². The van der Waals surface area contributed by atoms with Crippen LogP contribution in [0.2, 0.25) is 0 Å². The molecule has 0 N–H and O–H groups in total. The zero-order valence-corrected chi connectivity index (χ0v) is 10.9. The van der Waals surface area contributed by atoms with Crippen molar-refractivity contribution in [3.8, 4) is 11.1 Å². The molecule has 11 heteroatoms. The fraction of sp³-hybridized carbons (Fsp3) is 0.167. The molecule has 0 spiro atoms. The van der Waals surface area contributed by atoms with Crippen molar-refractivity contribution >= 4 is 5.65 Å². The van der Waals surface area contributed by atoms with Gasteiger partial charge in [-0.2, -0.15) is 26.3 Å². The molecule has 0 aliphatic carbocycles. The summed E-state index contributed by atoms with van der Waals surface area (Å²) in [5, 5.41) is 6.43. The van der Waals surface area contributed by atoms with Gasteiger partial charge in [0, 0.05) is 29.7 Å². The molecule has 0 saturated heterocycles. The molecule has 0 saturated carbocycles. The Bertz CT molecular complexity index is 849. The highest BCUT2D eigenvalue weighted by Gasteiger charge is 2.37. The minimum Gasteiger partial charge on any atom is -0.278 e. The van der Waals surface area contributed by atoms with E-state index in [9.17, 15) is 26.3 Å². The highest BCUT2D eigenvalue weighted by atomic mass is 19.4. The summed E-state index contributed by atoms with van der Waals surface area (Å²) in [7, 11) is 0. The van der Waals surface area contributed by atoms with E-state index < -0.39 is 24.0 Å². The fourth-order valence-corrected chi connectivity index (χ4v) is 1.88. The second kappa shape index (κ2) is 4.89. The van der Waals surface area contributed by atoms with Crippen molar-refractivity contribution in [1.82, 2.24) is 24.6 Å². The molecule has 0 fully saturated rings. The van der Waals surface area contributed by atoms with Crippen LogP contribution < -0.4 is 0 Å². The molecular formula is C12H5F6N5. The number of fused-ring (bicyclic) bond motifs is 1. The molecule has 3 rings (SSSR count). The first kappa shape index (κ1) is 15.2. The van der Waals surface area contributed by atoms with Gasteiger partial charge in [-0.1, -0.05) is 0 Å². The molecule has 5 nitrogen and oxygen atoms in total. The van der Waals surface area contributed by atoms with Gasteiger partial charge < -0.3 is 0 Å². The SMILES string of the molecule is FC(F)(F)c1ncc(-c2ccc3nnc(C(F)(F)F)n3c2)cn1. The van der Waals surface area contributed by atoms with Crippen LogP contribution in [0, 0.1) is 0 Å². The fourth-order valence-electron chi connectivity index (χ4n) is 1.88. The molecule has 3 aromatic rings. The summed E-state index contributed by atoms with van der Waals surface area (Å²) in [5.41, 5.74) is 0.271. The average molecular weight is 333 g/mol. The lowest BCUT2D eigenvalue weighted by molar-refractivity contribution is -0.146. The third-order valence-corrected chi connectivity index (χ3v) is 2.89. The van der Waals surface area contributed by atoms with Crippen LogP contribution in [0.15, 0.2) is 30.7 Å². The molecule has 0 amide bonds. The third kappa shape index (κ3) is 2.81. The number of nitrogens with zero attached hydrogens (tertiary/aromatic N) is 5. The van der Waals surface area contributed by atoms with Crippen LogP contribution >= 0.6 is 0 Å². The van der Waals surface area contributed by atoms with Gasteiger partial charge in [-0.25, -0.2) is 9.97 Å². The predicted octanol–water partition coefficient (Wildman–Crippen LogP) is 3.22. The van der Waals surface area contributed by atoms with Gasteiger partial charge in [0.05, 0.1) is 0 Å². The maximum absolute atomic E-state index is 12.8. The first-order valence-electron chi connectivity index (χ1n) is 5.98. The van der Waals surface area contributed by atoms with Crippen LogP contribution in [-0.4, -0.2) is 24.6 Å². The third-order valence-electron chi connectivity index (χ3n) is 2.89. The molecule has 0 unspecified atom stereocenters. The number of halogens is 6.